The van der Waals surface area contributed by atoms with Gasteiger partial charge in [0.1, 0.15) is 5.76 Å². The van der Waals surface area contributed by atoms with Crippen molar-refractivity contribution in [2.45, 2.75) is 47.5 Å². The molecule has 0 aliphatic carbocycles. The lowest BCUT2D eigenvalue weighted by molar-refractivity contribution is -0.116. The van der Waals surface area contributed by atoms with Crippen LogP contribution >= 0.6 is 0 Å². The number of carbonyl (C=O) groups is 1. The minimum Gasteiger partial charge on any atom is -0.360 e. The predicted octanol–water partition coefficient (Wildman–Crippen LogP) is 2.06. The van der Waals surface area contributed by atoms with Crippen LogP contribution in [0.4, 0.5) is 5.82 Å². The number of hydrogen-bond donors (Lipinski definition) is 2. The summed E-state index contributed by atoms with van der Waals surface area (Å²) in [4.78, 5) is 31.3. The number of hydrogen-bond acceptors (Lipinski definition) is 6. The highest BCUT2D eigenvalue weighted by Gasteiger charge is 2.17. The second-order valence-corrected chi connectivity index (χ2v) is 6.53. The van der Waals surface area contributed by atoms with Gasteiger partial charge >= 0.3 is 0 Å². The Labute approximate surface area is 155 Å². The van der Waals surface area contributed by atoms with Crippen LogP contribution in [0.2, 0.25) is 0 Å². The Kier molecular flexibility index (Phi) is 4.93. The molecule has 0 fully saturated rings. The van der Waals surface area contributed by atoms with Crippen molar-refractivity contribution in [3.05, 3.63) is 50.4 Å². The first-order chi connectivity index (χ1) is 12.8. The molecule has 0 radical (unpaired) electrons. The first kappa shape index (κ1) is 18.6. The number of anilines is 1. The maximum Gasteiger partial charge on any atom is 0.255 e. The van der Waals surface area contributed by atoms with Crippen LogP contribution in [-0.4, -0.2) is 30.8 Å². The molecule has 2 N–H and O–H groups in total. The Morgan fingerprint density at radius 1 is 1.22 bits per heavy atom. The summed E-state index contributed by atoms with van der Waals surface area (Å²) in [5.74, 6) is 1.25. The number of aromatic amines is 1. The van der Waals surface area contributed by atoms with Crippen LogP contribution in [0.1, 0.15) is 40.4 Å². The molecule has 3 rings (SSSR count). The molecule has 3 aromatic heterocycles. The quantitative estimate of drug-likeness (QED) is 0.709. The molecular weight excluding hydrogens is 348 g/mol. The van der Waals surface area contributed by atoms with Crippen molar-refractivity contribution < 1.29 is 9.32 Å². The molecule has 0 unspecified atom stereocenters. The van der Waals surface area contributed by atoms with Gasteiger partial charge in [-0.2, -0.15) is 5.10 Å². The number of aromatic nitrogens is 5. The molecule has 9 nitrogen and oxygen atoms in total. The maximum atomic E-state index is 12.1. The molecule has 9 heteroatoms. The van der Waals surface area contributed by atoms with Gasteiger partial charge in [0.25, 0.3) is 5.56 Å². The summed E-state index contributed by atoms with van der Waals surface area (Å²) in [7, 11) is 0. The van der Waals surface area contributed by atoms with E-state index in [2.05, 4.69) is 25.5 Å². The molecule has 27 heavy (non-hydrogen) atoms. The highest BCUT2D eigenvalue weighted by molar-refractivity contribution is 5.89. The largest absolute Gasteiger partial charge is 0.360 e. The Hall–Kier alpha value is -3.23. The van der Waals surface area contributed by atoms with Crippen molar-refractivity contribution in [3.63, 3.8) is 0 Å². The van der Waals surface area contributed by atoms with Gasteiger partial charge in [0.2, 0.25) is 11.9 Å². The van der Waals surface area contributed by atoms with Gasteiger partial charge in [-0.25, -0.2) is 9.67 Å². The third kappa shape index (κ3) is 3.81. The fraction of sp³-hybridized carbons (Fsp3) is 0.389. The minimum absolute atomic E-state index is 0.160. The van der Waals surface area contributed by atoms with Crippen LogP contribution in [0.3, 0.4) is 0 Å². The zero-order valence-electron chi connectivity index (χ0n) is 16.0. The monoisotopic (exact) mass is 370 g/mol. The number of rotatable bonds is 5. The second-order valence-electron chi connectivity index (χ2n) is 6.53. The van der Waals surface area contributed by atoms with Crippen molar-refractivity contribution in [1.29, 1.82) is 0 Å². The van der Waals surface area contributed by atoms with Crippen molar-refractivity contribution in [2.24, 2.45) is 0 Å². The van der Waals surface area contributed by atoms with Crippen molar-refractivity contribution in [3.8, 4) is 5.95 Å². The number of H-pyrrole nitrogens is 1. The summed E-state index contributed by atoms with van der Waals surface area (Å²) in [5.41, 5.74) is 3.63. The highest BCUT2D eigenvalue weighted by Crippen LogP contribution is 2.18. The van der Waals surface area contributed by atoms with Crippen molar-refractivity contribution in [2.75, 3.05) is 5.32 Å². The third-order valence-electron chi connectivity index (χ3n) is 4.52. The van der Waals surface area contributed by atoms with E-state index in [0.29, 0.717) is 35.2 Å². The summed E-state index contributed by atoms with van der Waals surface area (Å²) < 4.78 is 6.54. The average molecular weight is 370 g/mol. The number of amides is 1. The average Bonchev–Trinajstić information content (AvgIpc) is 3.13. The summed E-state index contributed by atoms with van der Waals surface area (Å²) in [5, 5.41) is 10.9. The van der Waals surface area contributed by atoms with E-state index in [1.165, 1.54) is 0 Å². The Morgan fingerprint density at radius 2 is 1.96 bits per heavy atom. The van der Waals surface area contributed by atoms with Gasteiger partial charge in [-0.15, -0.1) is 0 Å². The van der Waals surface area contributed by atoms with Crippen molar-refractivity contribution >= 4 is 11.7 Å². The predicted molar refractivity (Wildman–Crippen MR) is 99.1 cm³/mol. The summed E-state index contributed by atoms with van der Waals surface area (Å²) in [6, 6.07) is 1.66. The standard InChI is InChI=1S/C18H22N6O3/c1-9-8-15(23-27-9)20-16(25)7-6-14-12(4)22-24(13(14)5)18-19-11(3)10(2)17(26)21-18/h8H,6-7H2,1-5H3,(H,19,21,26)(H,20,23,25). The molecule has 0 bridgehead atoms. The van der Waals surface area contributed by atoms with Crippen LogP contribution in [0.5, 0.6) is 0 Å². The number of nitrogens with zero attached hydrogens (tertiary/aromatic N) is 4. The smallest absolute Gasteiger partial charge is 0.255 e. The summed E-state index contributed by atoms with van der Waals surface area (Å²) in [6.45, 7) is 9.04. The van der Waals surface area contributed by atoms with Crippen LogP contribution in [0, 0.1) is 34.6 Å². The molecule has 0 aliphatic heterocycles. The summed E-state index contributed by atoms with van der Waals surface area (Å²) >= 11 is 0. The molecule has 0 spiro atoms. The molecule has 0 saturated heterocycles. The molecule has 3 aromatic rings. The molecular formula is C18H22N6O3. The van der Waals surface area contributed by atoms with E-state index < -0.39 is 0 Å². The van der Waals surface area contributed by atoms with E-state index in [-0.39, 0.29) is 17.9 Å². The molecule has 3 heterocycles. The lowest BCUT2D eigenvalue weighted by atomic mass is 10.1. The first-order valence-electron chi connectivity index (χ1n) is 8.62. The Balaban J connectivity index is 1.78. The second kappa shape index (κ2) is 7.18. The Bertz CT molecular complexity index is 1060. The van der Waals surface area contributed by atoms with E-state index in [4.69, 9.17) is 4.52 Å². The van der Waals surface area contributed by atoms with Gasteiger partial charge in [-0.05, 0) is 46.6 Å². The number of aryl methyl sites for hydroxylation is 3. The molecule has 0 atom stereocenters. The zero-order valence-corrected chi connectivity index (χ0v) is 16.0. The van der Waals surface area contributed by atoms with Gasteiger partial charge in [-0.3, -0.25) is 14.6 Å². The zero-order chi connectivity index (χ0) is 19.7. The third-order valence-corrected chi connectivity index (χ3v) is 4.52. The summed E-state index contributed by atoms with van der Waals surface area (Å²) in [6.07, 6.45) is 0.783. The molecule has 0 aliphatic rings. The van der Waals surface area contributed by atoms with Gasteiger partial charge in [0.05, 0.1) is 5.69 Å². The molecule has 142 valence electrons. The van der Waals surface area contributed by atoms with Crippen LogP contribution in [-0.2, 0) is 11.2 Å². The van der Waals surface area contributed by atoms with E-state index in [0.717, 1.165) is 17.0 Å². The SMILES string of the molecule is Cc1cc(NC(=O)CCc2c(C)nn(-c3nc(C)c(C)c(=O)[nH]3)c2C)no1. The van der Waals surface area contributed by atoms with E-state index in [9.17, 15) is 9.59 Å². The van der Waals surface area contributed by atoms with Gasteiger partial charge in [-0.1, -0.05) is 5.16 Å². The van der Waals surface area contributed by atoms with Gasteiger partial charge in [0, 0.05) is 29.4 Å². The lowest BCUT2D eigenvalue weighted by Crippen LogP contribution is -2.18. The molecule has 0 aromatic carbocycles. The minimum atomic E-state index is -0.186. The first-order valence-corrected chi connectivity index (χ1v) is 8.62. The molecule has 0 saturated carbocycles. The normalized spacial score (nSPS) is 11.0. The van der Waals surface area contributed by atoms with Gasteiger partial charge in [0.15, 0.2) is 5.82 Å². The fourth-order valence-electron chi connectivity index (χ4n) is 2.84. The van der Waals surface area contributed by atoms with Crippen LogP contribution < -0.4 is 10.9 Å². The maximum absolute atomic E-state index is 12.1. The van der Waals surface area contributed by atoms with Crippen molar-refractivity contribution in [1.82, 2.24) is 24.9 Å². The van der Waals surface area contributed by atoms with E-state index in [1.807, 2.05) is 13.8 Å². The van der Waals surface area contributed by atoms with Crippen LogP contribution in [0.15, 0.2) is 15.4 Å². The van der Waals surface area contributed by atoms with E-state index in [1.54, 1.807) is 31.5 Å². The molecule has 1 amide bonds. The fourth-order valence-corrected chi connectivity index (χ4v) is 2.84. The van der Waals surface area contributed by atoms with E-state index >= 15 is 0 Å². The Morgan fingerprint density at radius 3 is 2.59 bits per heavy atom. The van der Waals surface area contributed by atoms with Gasteiger partial charge < -0.3 is 9.84 Å². The topological polar surface area (TPSA) is 119 Å². The van der Waals surface area contributed by atoms with Crippen LogP contribution in [0.25, 0.3) is 5.95 Å². The number of carbonyl (C=O) groups excluding carboxylic acids is 1. The number of nitrogens with one attached hydrogen (secondary N) is 2. The highest BCUT2D eigenvalue weighted by atomic mass is 16.5. The lowest BCUT2D eigenvalue weighted by Gasteiger charge is -2.07.